The molecule has 7 heteroatoms. The van der Waals surface area contributed by atoms with Gasteiger partial charge in [0, 0.05) is 46.8 Å². The summed E-state index contributed by atoms with van der Waals surface area (Å²) in [7, 11) is 4.43. The molecular formula is C31H41N3O4. The van der Waals surface area contributed by atoms with Gasteiger partial charge in [0.15, 0.2) is 11.5 Å². The maximum Gasteiger partial charge on any atom is 0.254 e. The number of carbonyl (C=O) groups excluding carboxylic acids is 1. The zero-order valence-corrected chi connectivity index (χ0v) is 24.0. The topological polar surface area (TPSA) is 74.9 Å². The summed E-state index contributed by atoms with van der Waals surface area (Å²) >= 11 is 0. The van der Waals surface area contributed by atoms with Crippen LogP contribution < -0.4 is 15.0 Å². The van der Waals surface area contributed by atoms with Crippen LogP contribution >= 0.6 is 0 Å². The third-order valence-corrected chi connectivity index (χ3v) is 10.7. The van der Waals surface area contributed by atoms with Crippen LogP contribution in [0.1, 0.15) is 89.3 Å². The van der Waals surface area contributed by atoms with Crippen LogP contribution in [-0.4, -0.2) is 52.7 Å². The van der Waals surface area contributed by atoms with E-state index in [9.17, 15) is 9.59 Å². The third kappa shape index (κ3) is 3.43. The van der Waals surface area contributed by atoms with Crippen molar-refractivity contribution in [3.05, 3.63) is 55.5 Å². The number of fused-ring (bicyclic) bond motifs is 5. The Labute approximate surface area is 225 Å². The number of amides is 1. The van der Waals surface area contributed by atoms with Gasteiger partial charge in [0.05, 0.1) is 6.54 Å². The van der Waals surface area contributed by atoms with Crippen LogP contribution in [0.4, 0.5) is 0 Å². The van der Waals surface area contributed by atoms with Crippen molar-refractivity contribution in [1.82, 2.24) is 14.8 Å². The van der Waals surface area contributed by atoms with E-state index in [1.165, 1.54) is 0 Å². The molecule has 3 heterocycles. The molecule has 5 aliphatic rings. The highest BCUT2D eigenvalue weighted by Crippen LogP contribution is 2.63. The minimum absolute atomic E-state index is 0.0246. The zero-order chi connectivity index (χ0) is 27.2. The summed E-state index contributed by atoms with van der Waals surface area (Å²) in [6.45, 7) is 10.9. The standard InChI is InChI=1S/C31H41N3O4/c1-18-16-19(2)32-27(35)23(18)17-34-15-8-22-20(3)25-26(21(4)24(22)28(34)36)38-29(5,37-25)30-9-12-31(13-10-30,14-11-30)33(6)7/h16H,8-15,17H2,1-7H3,(H,32,35)/t29-,30?,31?/m1/s1. The summed E-state index contributed by atoms with van der Waals surface area (Å²) in [6.07, 6.45) is 7.49. The maximum absolute atomic E-state index is 13.9. The second-order valence-corrected chi connectivity index (χ2v) is 12.7. The SMILES string of the molecule is Cc1cc(C)c(CN2CCc3c(C)c4c(c(C)c3C2=O)O[C@](C)(C23CCC(N(C)C)(CC2)CC3)O4)c(=O)[nH]1. The first kappa shape index (κ1) is 25.5. The minimum Gasteiger partial charge on any atom is -0.448 e. The van der Waals surface area contributed by atoms with Gasteiger partial charge < -0.3 is 24.3 Å². The van der Waals surface area contributed by atoms with Crippen LogP contribution in [-0.2, 0) is 13.0 Å². The number of nitrogens with zero attached hydrogens (tertiary/aromatic N) is 2. The Morgan fingerprint density at radius 2 is 1.55 bits per heavy atom. The van der Waals surface area contributed by atoms with Crippen LogP contribution in [0.25, 0.3) is 0 Å². The molecule has 2 aromatic rings. The van der Waals surface area contributed by atoms with E-state index in [0.29, 0.717) is 24.2 Å². The number of aromatic amines is 1. The molecule has 3 fully saturated rings. The Kier molecular flexibility index (Phi) is 5.60. The second-order valence-electron chi connectivity index (χ2n) is 12.7. The highest BCUT2D eigenvalue weighted by molar-refractivity contribution is 6.00. The Balaban J connectivity index is 1.32. The molecule has 38 heavy (non-hydrogen) atoms. The zero-order valence-electron chi connectivity index (χ0n) is 24.0. The average Bonchev–Trinajstić information content (AvgIpc) is 3.26. The van der Waals surface area contributed by atoms with Crippen LogP contribution in [0.5, 0.6) is 11.5 Å². The van der Waals surface area contributed by atoms with Gasteiger partial charge in [-0.15, -0.1) is 0 Å². The van der Waals surface area contributed by atoms with E-state index in [1.807, 2.05) is 31.7 Å². The number of aryl methyl sites for hydroxylation is 2. The number of ether oxygens (including phenoxy) is 2. The molecule has 0 saturated heterocycles. The number of benzene rings is 1. The van der Waals surface area contributed by atoms with Crippen LogP contribution in [0.3, 0.4) is 0 Å². The lowest BCUT2D eigenvalue weighted by Gasteiger charge is -2.59. The predicted octanol–water partition coefficient (Wildman–Crippen LogP) is 4.95. The van der Waals surface area contributed by atoms with Crippen molar-refractivity contribution < 1.29 is 14.3 Å². The Bertz CT molecular complexity index is 1380. The van der Waals surface area contributed by atoms with Gasteiger partial charge in [0.25, 0.3) is 17.3 Å². The second kappa shape index (κ2) is 8.35. The van der Waals surface area contributed by atoms with Gasteiger partial charge in [0.2, 0.25) is 0 Å². The first-order chi connectivity index (χ1) is 17.9. The van der Waals surface area contributed by atoms with Crippen molar-refractivity contribution in [1.29, 1.82) is 0 Å². The fraction of sp³-hybridized carbons (Fsp3) is 0.613. The number of rotatable bonds is 4. The first-order valence-electron chi connectivity index (χ1n) is 14.1. The fourth-order valence-electron chi connectivity index (χ4n) is 7.92. The van der Waals surface area contributed by atoms with Crippen LogP contribution in [0.15, 0.2) is 10.9 Å². The summed E-state index contributed by atoms with van der Waals surface area (Å²) < 4.78 is 13.6. The van der Waals surface area contributed by atoms with Crippen molar-refractivity contribution in [2.24, 2.45) is 5.41 Å². The molecule has 204 valence electrons. The van der Waals surface area contributed by atoms with E-state index in [2.05, 4.69) is 37.8 Å². The van der Waals surface area contributed by atoms with Gasteiger partial charge in [-0.3, -0.25) is 9.59 Å². The molecule has 2 aliphatic heterocycles. The molecule has 7 rings (SSSR count). The van der Waals surface area contributed by atoms with Gasteiger partial charge in [-0.25, -0.2) is 0 Å². The van der Waals surface area contributed by atoms with E-state index in [0.717, 1.165) is 90.0 Å². The molecule has 1 amide bonds. The number of pyridine rings is 1. The van der Waals surface area contributed by atoms with E-state index < -0.39 is 5.79 Å². The Morgan fingerprint density at radius 1 is 0.947 bits per heavy atom. The lowest BCUT2D eigenvalue weighted by atomic mass is 9.54. The van der Waals surface area contributed by atoms with E-state index >= 15 is 0 Å². The van der Waals surface area contributed by atoms with Crippen LogP contribution in [0, 0.1) is 33.1 Å². The number of hydrogen-bond donors (Lipinski definition) is 1. The summed E-state index contributed by atoms with van der Waals surface area (Å²) in [6, 6.07) is 1.96. The summed E-state index contributed by atoms with van der Waals surface area (Å²) in [4.78, 5) is 33.7. The molecule has 0 radical (unpaired) electrons. The first-order valence-corrected chi connectivity index (χ1v) is 14.1. The molecule has 3 aliphatic carbocycles. The lowest BCUT2D eigenvalue weighted by molar-refractivity contribution is -0.212. The van der Waals surface area contributed by atoms with Crippen molar-refractivity contribution >= 4 is 5.91 Å². The minimum atomic E-state index is -0.733. The molecule has 1 atom stereocenters. The van der Waals surface area contributed by atoms with Crippen molar-refractivity contribution in [3.63, 3.8) is 0 Å². The van der Waals surface area contributed by atoms with E-state index in [-0.39, 0.29) is 16.9 Å². The van der Waals surface area contributed by atoms with Crippen molar-refractivity contribution in [3.8, 4) is 11.5 Å². The molecule has 2 bridgehead atoms. The number of hydrogen-bond acceptors (Lipinski definition) is 5. The maximum atomic E-state index is 13.9. The van der Waals surface area contributed by atoms with Gasteiger partial charge in [-0.1, -0.05) is 0 Å². The molecule has 1 aromatic heterocycles. The summed E-state index contributed by atoms with van der Waals surface area (Å²) in [5.74, 6) is 0.784. The quantitative estimate of drug-likeness (QED) is 0.619. The average molecular weight is 520 g/mol. The lowest BCUT2D eigenvalue weighted by Crippen LogP contribution is -2.62. The molecule has 0 spiro atoms. The van der Waals surface area contributed by atoms with Gasteiger partial charge in [-0.2, -0.15) is 0 Å². The predicted molar refractivity (Wildman–Crippen MR) is 147 cm³/mol. The summed E-state index contributed by atoms with van der Waals surface area (Å²) in [5.41, 5.74) is 6.22. The van der Waals surface area contributed by atoms with Gasteiger partial charge >= 0.3 is 0 Å². The monoisotopic (exact) mass is 519 g/mol. The van der Waals surface area contributed by atoms with E-state index in [4.69, 9.17) is 9.47 Å². The largest absolute Gasteiger partial charge is 0.448 e. The van der Waals surface area contributed by atoms with Crippen LogP contribution in [0.2, 0.25) is 0 Å². The number of H-pyrrole nitrogens is 1. The number of aromatic nitrogens is 1. The highest BCUT2D eigenvalue weighted by Gasteiger charge is 2.62. The molecule has 3 saturated carbocycles. The Morgan fingerprint density at radius 3 is 2.13 bits per heavy atom. The van der Waals surface area contributed by atoms with Crippen molar-refractivity contribution in [2.45, 2.75) is 97.4 Å². The molecule has 7 nitrogen and oxygen atoms in total. The molecule has 1 N–H and O–H groups in total. The van der Waals surface area contributed by atoms with Gasteiger partial charge in [0.1, 0.15) is 0 Å². The van der Waals surface area contributed by atoms with Crippen molar-refractivity contribution in [2.75, 3.05) is 20.6 Å². The Hall–Kier alpha value is -2.80. The fourth-order valence-corrected chi connectivity index (χ4v) is 7.92. The van der Waals surface area contributed by atoms with E-state index in [1.54, 1.807) is 0 Å². The normalized spacial score (nSPS) is 29.8. The number of nitrogens with one attached hydrogen (secondary N) is 1. The van der Waals surface area contributed by atoms with Gasteiger partial charge in [-0.05, 0) is 109 Å². The summed E-state index contributed by atoms with van der Waals surface area (Å²) in [5, 5.41) is 0. The smallest absolute Gasteiger partial charge is 0.254 e. The number of carbonyl (C=O) groups is 1. The highest BCUT2D eigenvalue weighted by atomic mass is 16.7. The molecular weight excluding hydrogens is 478 g/mol. The molecule has 0 unspecified atom stereocenters. The molecule has 1 aromatic carbocycles. The third-order valence-electron chi connectivity index (χ3n) is 10.7.